The molecule has 1 aromatic heterocycles. The lowest BCUT2D eigenvalue weighted by molar-refractivity contribution is -0.140. The van der Waals surface area contributed by atoms with Gasteiger partial charge in [-0.3, -0.25) is 19.7 Å². The molecular weight excluding hydrogens is 592 g/mol. The summed E-state index contributed by atoms with van der Waals surface area (Å²) >= 11 is 0. The second-order valence-electron chi connectivity index (χ2n) is 11.4. The third-order valence-electron chi connectivity index (χ3n) is 7.83. The molecule has 1 aliphatic rings. The van der Waals surface area contributed by atoms with Gasteiger partial charge < -0.3 is 14.6 Å². The lowest BCUT2D eigenvalue weighted by Gasteiger charge is -2.26. The second-order valence-corrected chi connectivity index (χ2v) is 11.4. The van der Waals surface area contributed by atoms with Crippen molar-refractivity contribution < 1.29 is 32.1 Å². The van der Waals surface area contributed by atoms with Crippen molar-refractivity contribution in [3.05, 3.63) is 110 Å². The molecule has 5 rings (SSSR count). The first-order valence-corrected chi connectivity index (χ1v) is 14.6. The van der Waals surface area contributed by atoms with Crippen LogP contribution in [0.5, 0.6) is 11.5 Å². The summed E-state index contributed by atoms with van der Waals surface area (Å²) in [6.07, 6.45) is -5.24. The number of nitrogens with zero attached hydrogens (tertiary/aromatic N) is 3. The second kappa shape index (κ2) is 13.1. The molecule has 12 heteroatoms. The van der Waals surface area contributed by atoms with Crippen LogP contribution in [-0.4, -0.2) is 39.1 Å². The molecule has 2 heterocycles. The van der Waals surface area contributed by atoms with E-state index in [9.17, 15) is 27.5 Å². The van der Waals surface area contributed by atoms with Crippen LogP contribution in [0.25, 0.3) is 5.69 Å². The lowest BCUT2D eigenvalue weighted by atomic mass is 10.1. The van der Waals surface area contributed by atoms with E-state index >= 15 is 0 Å². The maximum atomic E-state index is 13.9. The van der Waals surface area contributed by atoms with E-state index in [4.69, 9.17) is 9.47 Å². The lowest BCUT2D eigenvalue weighted by Crippen LogP contribution is -2.32. The number of benzene rings is 3. The van der Waals surface area contributed by atoms with Crippen molar-refractivity contribution in [1.82, 2.24) is 19.6 Å². The quantitative estimate of drug-likeness (QED) is 0.179. The standard InChI is InChI=1S/C33H36F4N4O4/c1-20(2)45-29-12-7-22(15-30(29)44-4)17-38-31(42)23-8-5-21(6-9-23)18-40-14-13-28-25(19-40)32(43)41(39(28)3)24-10-11-27(34)26(16-24)33(35,36)37/h5-12,15-16,20,31,38,42H,13-14,17-19H2,1-4H3. The number of hydrogen-bond donors (Lipinski definition) is 2. The van der Waals surface area contributed by atoms with E-state index in [2.05, 4.69) is 10.2 Å². The Morgan fingerprint density at radius 3 is 2.38 bits per heavy atom. The number of aliphatic hydroxyl groups excluding tert-OH is 1. The summed E-state index contributed by atoms with van der Waals surface area (Å²) in [6, 6.07) is 15.7. The number of methoxy groups -OCH3 is 1. The summed E-state index contributed by atoms with van der Waals surface area (Å²) < 4.78 is 67.7. The zero-order valence-corrected chi connectivity index (χ0v) is 25.5. The highest BCUT2D eigenvalue weighted by Gasteiger charge is 2.35. The van der Waals surface area contributed by atoms with Crippen molar-refractivity contribution in [2.45, 2.75) is 58.4 Å². The van der Waals surface area contributed by atoms with Gasteiger partial charge in [-0.05, 0) is 60.9 Å². The predicted molar refractivity (Wildman–Crippen MR) is 161 cm³/mol. The van der Waals surface area contributed by atoms with Crippen molar-refractivity contribution >= 4 is 0 Å². The van der Waals surface area contributed by atoms with Crippen LogP contribution in [-0.2, 0) is 39.3 Å². The average Bonchev–Trinajstić information content (AvgIpc) is 3.25. The first-order valence-electron chi connectivity index (χ1n) is 14.6. The highest BCUT2D eigenvalue weighted by atomic mass is 19.4. The van der Waals surface area contributed by atoms with Crippen molar-refractivity contribution in [2.24, 2.45) is 7.05 Å². The van der Waals surface area contributed by atoms with Crippen LogP contribution in [0.4, 0.5) is 17.6 Å². The van der Waals surface area contributed by atoms with Crippen LogP contribution in [0, 0.1) is 5.82 Å². The first kappa shape index (κ1) is 32.3. The Hall–Kier alpha value is -4.13. The fraction of sp³-hybridized carbons (Fsp3) is 0.364. The van der Waals surface area contributed by atoms with Crippen LogP contribution in [0.3, 0.4) is 0 Å². The van der Waals surface area contributed by atoms with E-state index in [-0.39, 0.29) is 11.8 Å². The van der Waals surface area contributed by atoms with E-state index in [0.29, 0.717) is 61.3 Å². The molecule has 2 N–H and O–H groups in total. The van der Waals surface area contributed by atoms with Gasteiger partial charge in [0.2, 0.25) is 0 Å². The predicted octanol–water partition coefficient (Wildman–Crippen LogP) is 5.47. The molecule has 0 bridgehead atoms. The zero-order valence-electron chi connectivity index (χ0n) is 25.5. The molecule has 0 aliphatic carbocycles. The van der Waals surface area contributed by atoms with Gasteiger partial charge in [0.25, 0.3) is 5.56 Å². The van der Waals surface area contributed by atoms with Gasteiger partial charge in [0.1, 0.15) is 12.0 Å². The fourth-order valence-corrected chi connectivity index (χ4v) is 5.60. The summed E-state index contributed by atoms with van der Waals surface area (Å²) in [6.45, 7) is 5.78. The Morgan fingerprint density at radius 2 is 1.71 bits per heavy atom. The Balaban J connectivity index is 1.23. The van der Waals surface area contributed by atoms with Gasteiger partial charge in [0, 0.05) is 45.3 Å². The molecule has 0 spiro atoms. The van der Waals surface area contributed by atoms with Gasteiger partial charge in [-0.1, -0.05) is 30.3 Å². The van der Waals surface area contributed by atoms with Crippen molar-refractivity contribution in [2.75, 3.05) is 13.7 Å². The van der Waals surface area contributed by atoms with Crippen molar-refractivity contribution in [3.8, 4) is 17.2 Å². The minimum Gasteiger partial charge on any atom is -0.493 e. The minimum absolute atomic E-state index is 0.0145. The third-order valence-corrected chi connectivity index (χ3v) is 7.83. The van der Waals surface area contributed by atoms with Crippen LogP contribution in [0.2, 0.25) is 0 Å². The molecule has 0 fully saturated rings. The van der Waals surface area contributed by atoms with Gasteiger partial charge in [-0.2, -0.15) is 13.2 Å². The first-order chi connectivity index (χ1) is 21.3. The van der Waals surface area contributed by atoms with Gasteiger partial charge in [-0.25, -0.2) is 9.07 Å². The molecule has 1 aliphatic heterocycles. The summed E-state index contributed by atoms with van der Waals surface area (Å²) in [5, 5.41) is 13.8. The molecule has 0 amide bonds. The van der Waals surface area contributed by atoms with Crippen LogP contribution in [0.1, 0.15) is 53.6 Å². The topological polar surface area (TPSA) is 80.9 Å². The molecule has 4 aromatic rings. The van der Waals surface area contributed by atoms with E-state index in [1.165, 1.54) is 6.07 Å². The Kier molecular flexibility index (Phi) is 9.38. The van der Waals surface area contributed by atoms with Gasteiger partial charge in [-0.15, -0.1) is 0 Å². The fourth-order valence-electron chi connectivity index (χ4n) is 5.60. The number of hydrogen-bond acceptors (Lipinski definition) is 6. The Labute approximate surface area is 258 Å². The number of alkyl halides is 3. The number of aliphatic hydroxyl groups is 1. The van der Waals surface area contributed by atoms with Gasteiger partial charge >= 0.3 is 6.18 Å². The number of fused-ring (bicyclic) bond motifs is 1. The maximum absolute atomic E-state index is 13.9. The molecular formula is C33H36F4N4O4. The smallest absolute Gasteiger partial charge is 0.419 e. The monoisotopic (exact) mass is 628 g/mol. The zero-order chi connectivity index (χ0) is 32.5. The minimum atomic E-state index is -4.88. The van der Waals surface area contributed by atoms with Gasteiger partial charge in [0.15, 0.2) is 11.5 Å². The molecule has 8 nitrogen and oxygen atoms in total. The number of aromatic nitrogens is 2. The van der Waals surface area contributed by atoms with Gasteiger partial charge in [0.05, 0.1) is 30.0 Å². The number of halogens is 4. The molecule has 1 atom stereocenters. The molecule has 3 aromatic carbocycles. The van der Waals surface area contributed by atoms with E-state index < -0.39 is 29.3 Å². The Morgan fingerprint density at radius 1 is 1.00 bits per heavy atom. The number of nitrogens with one attached hydrogen (secondary N) is 1. The molecule has 1 unspecified atom stereocenters. The Bertz CT molecular complexity index is 1710. The summed E-state index contributed by atoms with van der Waals surface area (Å²) in [4.78, 5) is 15.4. The van der Waals surface area contributed by atoms with Crippen LogP contribution < -0.4 is 20.3 Å². The SMILES string of the molecule is COc1cc(CNC(O)c2ccc(CN3CCc4c(c(=O)n(-c5ccc(F)c(C(F)(F)F)c5)n4C)C3)cc2)ccc1OC(C)C. The summed E-state index contributed by atoms with van der Waals surface area (Å²) in [5.41, 5.74) is 1.93. The van der Waals surface area contributed by atoms with Crippen molar-refractivity contribution in [1.29, 1.82) is 0 Å². The number of ether oxygens (including phenoxy) is 2. The molecule has 0 saturated heterocycles. The maximum Gasteiger partial charge on any atom is 0.419 e. The normalized spacial score (nSPS) is 14.4. The summed E-state index contributed by atoms with van der Waals surface area (Å²) in [5.74, 6) is -0.114. The molecule has 45 heavy (non-hydrogen) atoms. The van der Waals surface area contributed by atoms with Crippen LogP contribution >= 0.6 is 0 Å². The van der Waals surface area contributed by atoms with Crippen LogP contribution in [0.15, 0.2) is 65.5 Å². The third kappa shape index (κ3) is 7.08. The largest absolute Gasteiger partial charge is 0.493 e. The number of rotatable bonds is 10. The molecule has 240 valence electrons. The van der Waals surface area contributed by atoms with E-state index in [1.807, 2.05) is 56.3 Å². The van der Waals surface area contributed by atoms with E-state index in [0.717, 1.165) is 27.6 Å². The molecule has 0 saturated carbocycles. The summed E-state index contributed by atoms with van der Waals surface area (Å²) in [7, 11) is 3.20. The molecule has 0 radical (unpaired) electrons. The van der Waals surface area contributed by atoms with Crippen molar-refractivity contribution in [3.63, 3.8) is 0 Å². The van der Waals surface area contributed by atoms with E-state index in [1.54, 1.807) is 18.8 Å². The highest BCUT2D eigenvalue weighted by Crippen LogP contribution is 2.33. The highest BCUT2D eigenvalue weighted by molar-refractivity contribution is 5.43. The average molecular weight is 629 g/mol.